The second kappa shape index (κ2) is 12.1. The Morgan fingerprint density at radius 3 is 1.94 bits per heavy atom. The highest BCUT2D eigenvalue weighted by atomic mass is 16.6. The predicted molar refractivity (Wildman–Crippen MR) is 173 cm³/mol. The van der Waals surface area contributed by atoms with Crippen molar-refractivity contribution in [2.75, 3.05) is 5.73 Å². The lowest BCUT2D eigenvalue weighted by Crippen LogP contribution is -2.71. The van der Waals surface area contributed by atoms with Crippen molar-refractivity contribution in [2.24, 2.45) is 0 Å². The summed E-state index contributed by atoms with van der Waals surface area (Å²) in [4.78, 5) is 51.8. The number of nitrogens with two attached hydrogens (primary N) is 1. The quantitative estimate of drug-likeness (QED) is 0.136. The van der Waals surface area contributed by atoms with E-state index >= 15 is 0 Å². The van der Waals surface area contributed by atoms with Crippen LogP contribution in [0, 0.1) is 11.3 Å². The third kappa shape index (κ3) is 4.64. The summed E-state index contributed by atoms with van der Waals surface area (Å²) in [7, 11) is 0. The number of allylic oxidation sites excluding steroid dienone is 1. The van der Waals surface area contributed by atoms with Gasteiger partial charge in [0, 0.05) is 22.9 Å². The molecule has 0 amide bonds. The lowest BCUT2D eigenvalue weighted by molar-refractivity contribution is -0.122. The Morgan fingerprint density at radius 1 is 0.896 bits per heavy atom. The fourth-order valence-electron chi connectivity index (χ4n) is 6.33. The number of hydrogen-bond acceptors (Lipinski definition) is 11. The van der Waals surface area contributed by atoms with E-state index in [4.69, 9.17) is 10.5 Å². The summed E-state index contributed by atoms with van der Waals surface area (Å²) < 4.78 is 7.39. The Kier molecular flexibility index (Phi) is 8.08. The van der Waals surface area contributed by atoms with Gasteiger partial charge >= 0.3 is 0 Å². The maximum Gasteiger partial charge on any atom is 0.212 e. The van der Waals surface area contributed by atoms with E-state index in [1.54, 1.807) is 30.3 Å². The molecule has 1 aliphatic rings. The zero-order chi connectivity index (χ0) is 34.3. The summed E-state index contributed by atoms with van der Waals surface area (Å²) in [6, 6.07) is 24.2. The molecular weight excluding hydrogens is 614 g/mol. The highest BCUT2D eigenvalue weighted by molar-refractivity contribution is 6.15. The molecule has 0 radical (unpaired) electrons. The number of benzene rings is 3. The second-order valence-electron chi connectivity index (χ2n) is 11.3. The van der Waals surface area contributed by atoms with Crippen LogP contribution in [0.3, 0.4) is 0 Å². The number of carbonyl (C=O) groups is 3. The number of Topliss-reactive ketones (excluding diaryl/α,β-unsaturated/α-hetero) is 3. The summed E-state index contributed by atoms with van der Waals surface area (Å²) in [5.41, 5.74) is -3.90. The van der Waals surface area contributed by atoms with Gasteiger partial charge in [-0.15, -0.1) is 0 Å². The summed E-state index contributed by atoms with van der Waals surface area (Å²) in [5, 5.41) is 48.4. The van der Waals surface area contributed by atoms with Crippen LogP contribution in [0.2, 0.25) is 0 Å². The zero-order valence-electron chi connectivity index (χ0n) is 25.5. The number of nitrogen functional groups attached to an aromatic ring is 1. The number of fused-ring (bicyclic) bond motifs is 1. The van der Waals surface area contributed by atoms with Gasteiger partial charge in [-0.3, -0.25) is 14.4 Å². The Hall–Kier alpha value is -5.84. The number of nitrogens with zero attached hydrogens (tertiary/aromatic N) is 4. The van der Waals surface area contributed by atoms with Gasteiger partial charge in [0.25, 0.3) is 0 Å². The molecule has 0 aliphatic carbocycles. The number of ether oxygens (including phenoxy) is 1. The van der Waals surface area contributed by atoms with E-state index in [-0.39, 0.29) is 39.1 Å². The standard InChI is InChI=1S/C36H29N5O7/c1-2-18-34(45,27(42)22-12-6-3-7-13-22)32-35(46,28(43)23-14-8-4-9-15-23)36(47,29(44)24-16-10-5-11-17-24)33(48-32)41-20-25(19-37)26-30(38)39-21-40-31(26)41/h2-18,20-21,32-33,45-47H,1H3,(H2,38,39,40)/t32-,33-,34+,35-,36+/m1/s1. The van der Waals surface area contributed by atoms with Crippen molar-refractivity contribution in [3.8, 4) is 6.07 Å². The molecule has 0 unspecified atom stereocenters. The van der Waals surface area contributed by atoms with Crippen LogP contribution in [-0.2, 0) is 4.74 Å². The monoisotopic (exact) mass is 643 g/mol. The predicted octanol–water partition coefficient (Wildman–Crippen LogP) is 3.20. The average Bonchev–Trinajstić information content (AvgIpc) is 3.62. The Balaban J connectivity index is 1.71. The molecule has 0 saturated carbocycles. The zero-order valence-corrected chi connectivity index (χ0v) is 25.5. The molecule has 12 heteroatoms. The van der Waals surface area contributed by atoms with Crippen LogP contribution in [0.25, 0.3) is 11.0 Å². The maximum atomic E-state index is 14.7. The molecule has 3 heterocycles. The van der Waals surface area contributed by atoms with Gasteiger partial charge in [0.1, 0.15) is 30.0 Å². The number of ketones is 3. The van der Waals surface area contributed by atoms with Gasteiger partial charge in [0.2, 0.25) is 23.0 Å². The fourth-order valence-corrected chi connectivity index (χ4v) is 6.33. The van der Waals surface area contributed by atoms with Crippen LogP contribution < -0.4 is 5.73 Å². The van der Waals surface area contributed by atoms with Gasteiger partial charge in [-0.05, 0) is 13.0 Å². The molecule has 240 valence electrons. The first-order chi connectivity index (χ1) is 23.0. The molecule has 5 N–H and O–H groups in total. The minimum atomic E-state index is -3.37. The van der Waals surface area contributed by atoms with E-state index in [2.05, 4.69) is 9.97 Å². The number of rotatable bonds is 9. The van der Waals surface area contributed by atoms with Gasteiger partial charge in [0.05, 0.1) is 10.9 Å². The van der Waals surface area contributed by atoms with E-state index in [0.717, 1.165) is 17.0 Å². The van der Waals surface area contributed by atoms with Crippen LogP contribution in [0.4, 0.5) is 5.82 Å². The second-order valence-corrected chi connectivity index (χ2v) is 11.3. The molecule has 12 nitrogen and oxygen atoms in total. The van der Waals surface area contributed by atoms with E-state index in [9.17, 15) is 35.0 Å². The molecule has 0 bridgehead atoms. The van der Waals surface area contributed by atoms with Crippen molar-refractivity contribution >= 4 is 34.2 Å². The minimum absolute atomic E-state index is 0.0173. The average molecular weight is 644 g/mol. The van der Waals surface area contributed by atoms with Crippen molar-refractivity contribution in [1.82, 2.24) is 14.5 Å². The normalized spacial score (nSPS) is 23.5. The van der Waals surface area contributed by atoms with Crippen LogP contribution in [0.15, 0.2) is 116 Å². The van der Waals surface area contributed by atoms with Crippen molar-refractivity contribution in [3.05, 3.63) is 138 Å². The summed E-state index contributed by atoms with van der Waals surface area (Å²) in [5.74, 6) is -3.51. The molecule has 5 aromatic rings. The van der Waals surface area contributed by atoms with Crippen molar-refractivity contribution in [2.45, 2.75) is 36.1 Å². The first kappa shape index (κ1) is 32.1. The molecule has 1 saturated heterocycles. The highest BCUT2D eigenvalue weighted by Crippen LogP contribution is 2.53. The highest BCUT2D eigenvalue weighted by Gasteiger charge is 2.78. The van der Waals surface area contributed by atoms with Crippen LogP contribution in [0.5, 0.6) is 0 Å². The maximum absolute atomic E-state index is 14.7. The third-order valence-electron chi connectivity index (χ3n) is 8.58. The van der Waals surface area contributed by atoms with E-state index in [1.165, 1.54) is 79.9 Å². The number of nitriles is 1. The molecule has 48 heavy (non-hydrogen) atoms. The Bertz CT molecular complexity index is 2110. The number of hydrogen-bond donors (Lipinski definition) is 4. The topological polar surface area (TPSA) is 202 Å². The molecular formula is C36H29N5O7. The Labute approximate surface area is 274 Å². The molecule has 3 aromatic carbocycles. The van der Waals surface area contributed by atoms with Crippen molar-refractivity contribution < 1.29 is 34.4 Å². The van der Waals surface area contributed by atoms with Gasteiger partial charge < -0.3 is 30.4 Å². The summed E-state index contributed by atoms with van der Waals surface area (Å²) >= 11 is 0. The van der Waals surface area contributed by atoms with Gasteiger partial charge in [-0.25, -0.2) is 9.97 Å². The minimum Gasteiger partial charge on any atom is -0.383 e. The Morgan fingerprint density at radius 2 is 1.42 bits per heavy atom. The van der Waals surface area contributed by atoms with Crippen molar-refractivity contribution in [1.29, 1.82) is 5.26 Å². The first-order valence-electron chi connectivity index (χ1n) is 14.8. The third-order valence-corrected chi connectivity index (χ3v) is 8.58. The lowest BCUT2D eigenvalue weighted by Gasteiger charge is -2.42. The van der Waals surface area contributed by atoms with Gasteiger partial charge in [-0.2, -0.15) is 5.26 Å². The molecule has 2 aromatic heterocycles. The van der Waals surface area contributed by atoms with Crippen molar-refractivity contribution in [3.63, 3.8) is 0 Å². The van der Waals surface area contributed by atoms with Crippen LogP contribution >= 0.6 is 0 Å². The SMILES string of the molecule is CC=C[C@](O)(C(=O)c1ccccc1)[C@H]1O[C@@H](n2cc(C#N)c3c(N)ncnc32)[C@@](O)(C(=O)c2ccccc2)[C@@]1(O)C(=O)c1ccccc1. The number of carbonyl (C=O) groups excluding carboxylic acids is 3. The van der Waals surface area contributed by atoms with Gasteiger partial charge in [0.15, 0.2) is 17.4 Å². The van der Waals surface area contributed by atoms with Crippen LogP contribution in [0.1, 0.15) is 49.8 Å². The van der Waals surface area contributed by atoms with E-state index < -0.39 is 46.5 Å². The fraction of sp³-hybridized carbons (Fsp3) is 0.167. The molecule has 5 atom stereocenters. The smallest absolute Gasteiger partial charge is 0.212 e. The van der Waals surface area contributed by atoms with E-state index in [0.29, 0.717) is 0 Å². The van der Waals surface area contributed by atoms with E-state index in [1.807, 2.05) is 6.07 Å². The lowest BCUT2D eigenvalue weighted by atomic mass is 9.66. The number of aliphatic hydroxyl groups is 3. The summed E-state index contributed by atoms with van der Waals surface area (Å²) in [6.07, 6.45) is 0.193. The molecule has 0 spiro atoms. The summed E-state index contributed by atoms with van der Waals surface area (Å²) in [6.45, 7) is 1.49. The first-order valence-corrected chi connectivity index (χ1v) is 14.8. The number of aromatic nitrogens is 3. The largest absolute Gasteiger partial charge is 0.383 e. The molecule has 1 aliphatic heterocycles. The molecule has 6 rings (SSSR count). The van der Waals surface area contributed by atoms with Crippen LogP contribution in [-0.4, -0.2) is 70.1 Å². The molecule has 1 fully saturated rings. The van der Waals surface area contributed by atoms with Gasteiger partial charge in [-0.1, -0.05) is 97.1 Å². The number of anilines is 1.